The van der Waals surface area contributed by atoms with Crippen LogP contribution in [-0.2, 0) is 25.6 Å². The minimum atomic E-state index is -4.72. The van der Waals surface area contributed by atoms with E-state index in [0.717, 1.165) is 0 Å². The van der Waals surface area contributed by atoms with E-state index in [4.69, 9.17) is 18.9 Å². The Balaban J connectivity index is 1.59. The summed E-state index contributed by atoms with van der Waals surface area (Å²) in [5, 5.41) is 0.651. The first-order valence-electron chi connectivity index (χ1n) is 9.80. The molecular weight excluding hydrogens is 440 g/mol. The Morgan fingerprint density at radius 2 is 1.81 bits per heavy atom. The molecule has 0 unspecified atom stereocenters. The highest BCUT2D eigenvalue weighted by molar-refractivity contribution is 8.14. The van der Waals surface area contributed by atoms with Crippen molar-refractivity contribution in [3.05, 3.63) is 35.6 Å². The number of alkyl halides is 3. The van der Waals surface area contributed by atoms with Crippen molar-refractivity contribution in [1.82, 2.24) is 4.90 Å². The molecule has 1 aromatic rings. The van der Waals surface area contributed by atoms with Gasteiger partial charge < -0.3 is 23.8 Å². The van der Waals surface area contributed by atoms with E-state index in [1.165, 1.54) is 36.0 Å². The average Bonchev–Trinajstić information content (AvgIpc) is 3.22. The molecule has 0 spiro atoms. The lowest BCUT2D eigenvalue weighted by Gasteiger charge is -2.41. The minimum Gasteiger partial charge on any atom is -0.361 e. The number of nitrogens with zero attached hydrogens (tertiary/aromatic N) is 2. The Morgan fingerprint density at radius 3 is 2.42 bits per heavy atom. The lowest BCUT2D eigenvalue weighted by molar-refractivity contribution is -0.281. The van der Waals surface area contributed by atoms with Gasteiger partial charge >= 0.3 is 6.18 Å². The average molecular weight is 464 g/mol. The van der Waals surface area contributed by atoms with Gasteiger partial charge in [-0.2, -0.15) is 13.2 Å². The molecule has 1 aromatic carbocycles. The maximum Gasteiger partial charge on any atom is 0.417 e. The van der Waals surface area contributed by atoms with Gasteiger partial charge in [-0.1, -0.05) is 23.9 Å². The van der Waals surface area contributed by atoms with Crippen molar-refractivity contribution in [2.75, 3.05) is 14.1 Å². The maximum atomic E-state index is 14.1. The number of hydrogen-bond acceptors (Lipinski definition) is 7. The van der Waals surface area contributed by atoms with Gasteiger partial charge in [-0.25, -0.2) is 4.39 Å². The van der Waals surface area contributed by atoms with Gasteiger partial charge in [0.1, 0.15) is 35.6 Å². The smallest absolute Gasteiger partial charge is 0.361 e. The van der Waals surface area contributed by atoms with Gasteiger partial charge in [0.15, 0.2) is 17.1 Å². The minimum absolute atomic E-state index is 0.355. The second-order valence-electron chi connectivity index (χ2n) is 8.35. The summed E-state index contributed by atoms with van der Waals surface area (Å²) in [4.78, 5) is 6.37. The van der Waals surface area contributed by atoms with Gasteiger partial charge in [-0.3, -0.25) is 4.99 Å². The van der Waals surface area contributed by atoms with Crippen LogP contribution in [0, 0.1) is 5.82 Å². The number of hydrogen-bond donors (Lipinski definition) is 0. The van der Waals surface area contributed by atoms with E-state index in [0.29, 0.717) is 10.7 Å². The predicted octanol–water partition coefficient (Wildman–Crippen LogP) is 3.55. The summed E-state index contributed by atoms with van der Waals surface area (Å²) in [6.45, 7) is 2.95. The highest BCUT2D eigenvalue weighted by Crippen LogP contribution is 2.47. The molecule has 4 rings (SSSR count). The van der Waals surface area contributed by atoms with Crippen LogP contribution in [0.2, 0.25) is 0 Å². The lowest BCUT2D eigenvalue weighted by atomic mass is 9.94. The molecule has 11 heteroatoms. The maximum absolute atomic E-state index is 14.1. The van der Waals surface area contributed by atoms with Crippen LogP contribution < -0.4 is 0 Å². The Hall–Kier alpha value is -1.40. The Kier molecular flexibility index (Phi) is 6.01. The van der Waals surface area contributed by atoms with Gasteiger partial charge in [0.05, 0.1) is 6.61 Å². The van der Waals surface area contributed by atoms with E-state index in [2.05, 4.69) is 4.99 Å². The number of amidine groups is 1. The molecule has 3 aliphatic rings. The van der Waals surface area contributed by atoms with Crippen LogP contribution in [0.4, 0.5) is 17.6 Å². The molecule has 6 nitrogen and oxygen atoms in total. The Bertz CT molecular complexity index is 833. The standard InChI is InChI=1S/C20H24F4N2O4S/c1-19(2)29-13-12-17(31-18(25-12)26(3)4)28-15(14(13)30-19)16(20(22,23)24)27-9-10-5-7-11(21)8-6-10/h5-8,12-17H,9H2,1-4H3/t12-,13-,14+,15+,16-,17-/m1/s1. The molecule has 2 fully saturated rings. The van der Waals surface area contributed by atoms with Crippen molar-refractivity contribution in [3.8, 4) is 0 Å². The first-order chi connectivity index (χ1) is 14.4. The van der Waals surface area contributed by atoms with E-state index in [1.807, 2.05) is 0 Å². The van der Waals surface area contributed by atoms with Crippen molar-refractivity contribution >= 4 is 16.9 Å². The number of fused-ring (bicyclic) bond motifs is 3. The molecule has 0 radical (unpaired) electrons. The topological polar surface area (TPSA) is 52.5 Å². The van der Waals surface area contributed by atoms with Crippen molar-refractivity contribution in [1.29, 1.82) is 0 Å². The van der Waals surface area contributed by atoms with Gasteiger partial charge in [-0.15, -0.1) is 0 Å². The lowest BCUT2D eigenvalue weighted by Crippen LogP contribution is -2.60. The number of rotatable bonds is 4. The van der Waals surface area contributed by atoms with Gasteiger partial charge in [0.25, 0.3) is 0 Å². The molecule has 0 aliphatic carbocycles. The predicted molar refractivity (Wildman–Crippen MR) is 106 cm³/mol. The molecule has 0 aromatic heterocycles. The number of ether oxygens (including phenoxy) is 4. The summed E-state index contributed by atoms with van der Waals surface area (Å²) in [5.41, 5.74) is -0.237. The second kappa shape index (κ2) is 8.18. The molecule has 2 saturated heterocycles. The van der Waals surface area contributed by atoms with E-state index in [1.54, 1.807) is 32.8 Å². The van der Waals surface area contributed by atoms with Crippen molar-refractivity contribution in [2.45, 2.75) is 68.3 Å². The molecule has 0 amide bonds. The number of benzene rings is 1. The van der Waals surface area contributed by atoms with Crippen LogP contribution in [0.1, 0.15) is 19.4 Å². The number of thioether (sulfide) groups is 1. The third-order valence-corrected chi connectivity index (χ3v) is 6.53. The third-order valence-electron chi connectivity index (χ3n) is 5.22. The highest BCUT2D eigenvalue weighted by atomic mass is 32.2. The number of aliphatic imine (C=N–C) groups is 1. The zero-order valence-corrected chi connectivity index (χ0v) is 18.2. The van der Waals surface area contributed by atoms with Crippen molar-refractivity contribution in [3.63, 3.8) is 0 Å². The summed E-state index contributed by atoms with van der Waals surface area (Å²) >= 11 is 1.25. The molecular formula is C20H24F4N2O4S. The first-order valence-corrected chi connectivity index (χ1v) is 10.7. The zero-order chi connectivity index (χ0) is 22.6. The van der Waals surface area contributed by atoms with Crippen LogP contribution >= 0.6 is 11.8 Å². The van der Waals surface area contributed by atoms with E-state index >= 15 is 0 Å². The Labute approximate surface area is 181 Å². The monoisotopic (exact) mass is 464 g/mol. The Morgan fingerprint density at radius 1 is 1.16 bits per heavy atom. The molecule has 0 N–H and O–H groups in total. The van der Waals surface area contributed by atoms with Crippen molar-refractivity contribution in [2.24, 2.45) is 4.99 Å². The molecule has 6 atom stereocenters. The summed E-state index contributed by atoms with van der Waals surface area (Å²) in [6.07, 6.45) is -10.1. The van der Waals surface area contributed by atoms with E-state index < -0.39 is 53.7 Å². The summed E-state index contributed by atoms with van der Waals surface area (Å²) in [5.74, 6) is -1.56. The fourth-order valence-corrected chi connectivity index (χ4v) is 5.04. The van der Waals surface area contributed by atoms with Crippen LogP contribution in [-0.4, -0.2) is 72.0 Å². The second-order valence-corrected chi connectivity index (χ2v) is 9.41. The summed E-state index contributed by atoms with van der Waals surface area (Å²) in [6, 6.07) is 4.61. The summed E-state index contributed by atoms with van der Waals surface area (Å²) < 4.78 is 78.3. The molecule has 3 aliphatic heterocycles. The zero-order valence-electron chi connectivity index (χ0n) is 17.4. The normalized spacial score (nSPS) is 32.9. The quantitative estimate of drug-likeness (QED) is 0.636. The van der Waals surface area contributed by atoms with Gasteiger partial charge in [0, 0.05) is 14.1 Å². The highest BCUT2D eigenvalue weighted by Gasteiger charge is 2.62. The van der Waals surface area contributed by atoms with Crippen LogP contribution in [0.25, 0.3) is 0 Å². The van der Waals surface area contributed by atoms with Crippen LogP contribution in [0.15, 0.2) is 29.3 Å². The van der Waals surface area contributed by atoms with Crippen LogP contribution in [0.3, 0.4) is 0 Å². The molecule has 172 valence electrons. The van der Waals surface area contributed by atoms with E-state index in [9.17, 15) is 17.6 Å². The fraction of sp³-hybridized carbons (Fsp3) is 0.650. The van der Waals surface area contributed by atoms with E-state index in [-0.39, 0.29) is 6.61 Å². The first kappa shape index (κ1) is 22.8. The van der Waals surface area contributed by atoms with Crippen LogP contribution in [0.5, 0.6) is 0 Å². The van der Waals surface area contributed by atoms with Gasteiger partial charge in [0.2, 0.25) is 0 Å². The fourth-order valence-electron chi connectivity index (χ4n) is 3.90. The largest absolute Gasteiger partial charge is 0.417 e. The number of halogens is 4. The SMILES string of the molecule is CN(C)C1=N[C@@H]2[C@H]3OC(C)(C)O[C@@H]3[C@@H]([C@@H](OCc3ccc(F)cc3)C(F)(F)F)O[C@@H]2S1. The molecule has 3 heterocycles. The van der Waals surface area contributed by atoms with Gasteiger partial charge in [-0.05, 0) is 31.5 Å². The molecule has 0 bridgehead atoms. The van der Waals surface area contributed by atoms with Crippen molar-refractivity contribution < 1.29 is 36.5 Å². The molecule has 0 saturated carbocycles. The summed E-state index contributed by atoms with van der Waals surface area (Å²) in [7, 11) is 3.61. The third kappa shape index (κ3) is 4.70. The molecule has 31 heavy (non-hydrogen) atoms.